The van der Waals surface area contributed by atoms with E-state index in [1.54, 1.807) is 39.0 Å². The third-order valence-corrected chi connectivity index (χ3v) is 7.94. The number of fused-ring (bicyclic) bond motifs is 1. The smallest absolute Gasteiger partial charge is 0.417 e. The van der Waals surface area contributed by atoms with Gasteiger partial charge in [-0.1, -0.05) is 23.7 Å². The molecule has 0 unspecified atom stereocenters. The number of aromatic nitrogens is 3. The highest BCUT2D eigenvalue weighted by Gasteiger charge is 2.53. The molecule has 2 aromatic carbocycles. The van der Waals surface area contributed by atoms with E-state index < -0.39 is 46.1 Å². The van der Waals surface area contributed by atoms with Crippen molar-refractivity contribution in [2.24, 2.45) is 0 Å². The van der Waals surface area contributed by atoms with Gasteiger partial charge in [0.05, 0.1) is 47.4 Å². The number of hydrogen-bond donors (Lipinski definition) is 2. The highest BCUT2D eigenvalue weighted by molar-refractivity contribution is 6.31. The zero-order valence-corrected chi connectivity index (χ0v) is 25.9. The molecule has 1 aliphatic rings. The van der Waals surface area contributed by atoms with Gasteiger partial charge in [0.15, 0.2) is 0 Å². The summed E-state index contributed by atoms with van der Waals surface area (Å²) >= 11 is 6.29. The minimum absolute atomic E-state index is 0.0463. The van der Waals surface area contributed by atoms with Crippen LogP contribution < -0.4 is 10.9 Å². The summed E-state index contributed by atoms with van der Waals surface area (Å²) < 4.78 is 59.6. The minimum Gasteiger partial charge on any atom is -0.444 e. The molecule has 2 aromatic heterocycles. The Morgan fingerprint density at radius 3 is 2.41 bits per heavy atom. The summed E-state index contributed by atoms with van der Waals surface area (Å²) in [4.78, 5) is 44.4. The molecule has 0 aliphatic heterocycles. The molecule has 0 saturated heterocycles. The van der Waals surface area contributed by atoms with Crippen LogP contribution in [0.1, 0.15) is 61.7 Å². The van der Waals surface area contributed by atoms with Crippen LogP contribution >= 0.6 is 11.6 Å². The van der Waals surface area contributed by atoms with Gasteiger partial charge in [-0.15, -0.1) is 0 Å². The molecule has 2 heterocycles. The molecule has 0 bridgehead atoms. The Bertz CT molecular complexity index is 1830. The molecule has 0 spiro atoms. The maximum Gasteiger partial charge on any atom is 0.417 e. The van der Waals surface area contributed by atoms with Crippen molar-refractivity contribution in [3.05, 3.63) is 104 Å². The van der Waals surface area contributed by atoms with Crippen LogP contribution in [0.3, 0.4) is 0 Å². The van der Waals surface area contributed by atoms with Crippen LogP contribution in [0.5, 0.6) is 0 Å². The lowest BCUT2D eigenvalue weighted by atomic mass is 9.91. The highest BCUT2D eigenvalue weighted by atomic mass is 35.5. The predicted octanol–water partition coefficient (Wildman–Crippen LogP) is 6.41. The first-order valence-corrected chi connectivity index (χ1v) is 14.7. The fourth-order valence-electron chi connectivity index (χ4n) is 5.13. The summed E-state index contributed by atoms with van der Waals surface area (Å²) in [6.07, 6.45) is -3.75. The van der Waals surface area contributed by atoms with E-state index in [4.69, 9.17) is 16.3 Å². The topological polar surface area (TPSA) is 117 Å². The van der Waals surface area contributed by atoms with Crippen molar-refractivity contribution in [2.75, 3.05) is 0 Å². The standard InChI is InChI=1S/C32H30ClF4N5O4/c1-30(2,3)46-29(45)39-15-26-22-13-18(8-10-21(22)27(43)41-40-26)31(11-12-31)28(44)42(17-23-24(33)5-4-6-25(23)34)16-20-9-7-19(14-38-20)32(35,36)37/h4-10,13-14H,11-12,15-17H2,1-3H3,(H,39,45)(H,41,43). The number of carbonyl (C=O) groups is 2. The SMILES string of the molecule is CC(C)(C)OC(=O)NCc1n[nH]c(=O)c2ccc(C3(C(=O)N(Cc4ccc(C(F)(F)F)cn4)Cc4c(F)cccc4Cl)CC3)cc12. The first-order valence-electron chi connectivity index (χ1n) is 14.3. The fraction of sp³-hybridized carbons (Fsp3) is 0.344. The van der Waals surface area contributed by atoms with Gasteiger partial charge in [0.2, 0.25) is 5.91 Å². The Labute approximate surface area is 265 Å². The first-order chi connectivity index (χ1) is 21.6. The molecule has 2 amide bonds. The highest BCUT2D eigenvalue weighted by Crippen LogP contribution is 2.50. The molecule has 0 atom stereocenters. The van der Waals surface area contributed by atoms with E-state index in [2.05, 4.69) is 20.5 Å². The average Bonchev–Trinajstić information content (AvgIpc) is 3.79. The van der Waals surface area contributed by atoms with Crippen LogP contribution in [0.15, 0.2) is 59.5 Å². The van der Waals surface area contributed by atoms with Crippen molar-refractivity contribution in [3.8, 4) is 0 Å². The van der Waals surface area contributed by atoms with Gasteiger partial charge >= 0.3 is 12.3 Å². The number of pyridine rings is 1. The number of alkyl carbamates (subject to hydrolysis) is 1. The Balaban J connectivity index is 1.49. The summed E-state index contributed by atoms with van der Waals surface area (Å²) in [6.45, 7) is 4.59. The second kappa shape index (κ2) is 12.3. The molecule has 1 aliphatic carbocycles. The molecule has 1 saturated carbocycles. The third kappa shape index (κ3) is 7.14. The molecule has 9 nitrogen and oxygen atoms in total. The number of ether oxygens (including phenoxy) is 1. The van der Waals surface area contributed by atoms with Crippen molar-refractivity contribution in [3.63, 3.8) is 0 Å². The van der Waals surface area contributed by atoms with Gasteiger partial charge in [-0.25, -0.2) is 14.3 Å². The van der Waals surface area contributed by atoms with Crippen molar-refractivity contribution in [1.29, 1.82) is 0 Å². The average molecular weight is 660 g/mol. The number of H-pyrrole nitrogens is 1. The number of halogens is 5. The molecular weight excluding hydrogens is 630 g/mol. The maximum absolute atomic E-state index is 14.9. The molecule has 2 N–H and O–H groups in total. The van der Waals surface area contributed by atoms with Crippen LogP contribution in [-0.2, 0) is 40.8 Å². The van der Waals surface area contributed by atoms with Gasteiger partial charge < -0.3 is 15.0 Å². The lowest BCUT2D eigenvalue weighted by molar-refractivity contribution is -0.138. The summed E-state index contributed by atoms with van der Waals surface area (Å²) in [5.41, 5.74) is -2.12. The van der Waals surface area contributed by atoms with Gasteiger partial charge in [-0.3, -0.25) is 14.6 Å². The zero-order chi connectivity index (χ0) is 33.4. The number of carbonyl (C=O) groups excluding carboxylic acids is 2. The number of rotatable bonds is 8. The van der Waals surface area contributed by atoms with Gasteiger partial charge in [-0.2, -0.15) is 18.3 Å². The van der Waals surface area contributed by atoms with Gasteiger partial charge in [0, 0.05) is 22.2 Å². The molecule has 242 valence electrons. The van der Waals surface area contributed by atoms with Crippen LogP contribution in [0, 0.1) is 5.82 Å². The Morgan fingerprint density at radius 2 is 1.80 bits per heavy atom. The van der Waals surface area contributed by atoms with E-state index in [1.807, 2.05) is 0 Å². The van der Waals surface area contributed by atoms with Crippen LogP contribution in [-0.4, -0.2) is 37.7 Å². The normalized spacial score (nSPS) is 14.2. The molecule has 4 aromatic rings. The summed E-state index contributed by atoms with van der Waals surface area (Å²) in [5, 5.41) is 9.91. The largest absolute Gasteiger partial charge is 0.444 e. The van der Waals surface area contributed by atoms with Crippen LogP contribution in [0.25, 0.3) is 10.8 Å². The molecule has 14 heteroatoms. The van der Waals surface area contributed by atoms with E-state index in [-0.39, 0.29) is 41.3 Å². The second-order valence-electron chi connectivity index (χ2n) is 12.1. The van der Waals surface area contributed by atoms with Crippen LogP contribution in [0.4, 0.5) is 22.4 Å². The third-order valence-electron chi connectivity index (χ3n) is 7.58. The van der Waals surface area contributed by atoms with Crippen molar-refractivity contribution < 1.29 is 31.9 Å². The van der Waals surface area contributed by atoms with Gasteiger partial charge in [0.25, 0.3) is 5.56 Å². The fourth-order valence-corrected chi connectivity index (χ4v) is 5.35. The molecule has 1 fully saturated rings. The summed E-state index contributed by atoms with van der Waals surface area (Å²) in [6, 6.07) is 11.0. The Kier molecular flexibility index (Phi) is 8.82. The first kappa shape index (κ1) is 32.9. The number of hydrogen-bond acceptors (Lipinski definition) is 6. The number of alkyl halides is 3. The lowest BCUT2D eigenvalue weighted by Gasteiger charge is -2.28. The van der Waals surface area contributed by atoms with E-state index in [0.29, 0.717) is 35.7 Å². The number of benzene rings is 2. The minimum atomic E-state index is -4.59. The van der Waals surface area contributed by atoms with Crippen molar-refractivity contribution in [1.82, 2.24) is 25.4 Å². The van der Waals surface area contributed by atoms with Gasteiger partial charge in [-0.05, 0) is 75.6 Å². The molecule has 5 rings (SSSR count). The molecule has 46 heavy (non-hydrogen) atoms. The lowest BCUT2D eigenvalue weighted by Crippen LogP contribution is -2.39. The van der Waals surface area contributed by atoms with E-state index >= 15 is 0 Å². The number of nitrogens with one attached hydrogen (secondary N) is 2. The second-order valence-corrected chi connectivity index (χ2v) is 12.5. The Hall–Kier alpha value is -4.52. The number of amides is 2. The predicted molar refractivity (Wildman–Crippen MR) is 161 cm³/mol. The quantitative estimate of drug-likeness (QED) is 0.211. The molecule has 0 radical (unpaired) electrons. The van der Waals surface area contributed by atoms with E-state index in [0.717, 1.165) is 6.07 Å². The van der Waals surface area contributed by atoms with Crippen molar-refractivity contribution >= 4 is 34.4 Å². The van der Waals surface area contributed by atoms with E-state index in [1.165, 1.54) is 29.2 Å². The van der Waals surface area contributed by atoms with Gasteiger partial charge in [0.1, 0.15) is 11.4 Å². The number of nitrogens with zero attached hydrogens (tertiary/aromatic N) is 3. The zero-order valence-electron chi connectivity index (χ0n) is 25.1. The van der Waals surface area contributed by atoms with Crippen molar-refractivity contribution in [2.45, 2.75) is 70.4 Å². The molecular formula is C32H30ClF4N5O4. The van der Waals surface area contributed by atoms with E-state index in [9.17, 15) is 31.9 Å². The van der Waals surface area contributed by atoms with Crippen LogP contribution in [0.2, 0.25) is 5.02 Å². The Morgan fingerprint density at radius 1 is 1.07 bits per heavy atom. The monoisotopic (exact) mass is 659 g/mol. The maximum atomic E-state index is 14.9. The summed E-state index contributed by atoms with van der Waals surface area (Å²) in [5.74, 6) is -1.06. The summed E-state index contributed by atoms with van der Waals surface area (Å²) in [7, 11) is 0. The number of aromatic amines is 1.